The topological polar surface area (TPSA) is 184 Å². The molecule has 2 aliphatic carbocycles. The van der Waals surface area contributed by atoms with E-state index in [-0.39, 0.29) is 19.4 Å². The van der Waals surface area contributed by atoms with Crippen molar-refractivity contribution in [3.63, 3.8) is 0 Å². The normalized spacial score (nSPS) is 26.0. The number of benzene rings is 1. The smallest absolute Gasteiger partial charge is 0.408 e. The van der Waals surface area contributed by atoms with Crippen LogP contribution in [0, 0.1) is 11.3 Å². The lowest BCUT2D eigenvalue weighted by Gasteiger charge is -2.36. The van der Waals surface area contributed by atoms with Crippen LogP contribution in [0.3, 0.4) is 0 Å². The highest BCUT2D eigenvalue weighted by Crippen LogP contribution is 2.46. The standard InChI is InChI=1S/C34H45N5O8S2/c1-8-21-17-34(21,29(42)38-49(45,46)23-13-14-23)37-26(40)24-18-33(44,22-11-9-20(10-12-22)27-35-15-16-48-27)19-39(24)28(41)25(31(2,3)4)36-30(43)47-32(5,6)7/h8-12,15-16,21,23-25,44H,1,13-14,17-19H2,2-7H3,(H,36,43)(H,37,40)(H,38,42)/t21-,24+,25-,33+,34-/m1/s1. The molecular formula is C34H45N5O8S2. The fourth-order valence-corrected chi connectivity index (χ4v) is 8.12. The lowest BCUT2D eigenvalue weighted by molar-refractivity contribution is -0.143. The van der Waals surface area contributed by atoms with Crippen molar-refractivity contribution in [3.05, 3.63) is 54.1 Å². The number of rotatable bonds is 10. The number of alkyl carbamates (subject to hydrolysis) is 1. The van der Waals surface area contributed by atoms with Gasteiger partial charge in [-0.1, -0.05) is 51.1 Å². The Morgan fingerprint density at radius 3 is 2.27 bits per heavy atom. The molecule has 49 heavy (non-hydrogen) atoms. The highest BCUT2D eigenvalue weighted by Gasteiger charge is 2.62. The van der Waals surface area contributed by atoms with Gasteiger partial charge in [-0.2, -0.15) is 0 Å². The van der Waals surface area contributed by atoms with Gasteiger partial charge >= 0.3 is 6.09 Å². The van der Waals surface area contributed by atoms with Crippen molar-refractivity contribution >= 4 is 45.2 Å². The minimum absolute atomic E-state index is 0.113. The highest BCUT2D eigenvalue weighted by molar-refractivity contribution is 7.91. The average molecular weight is 716 g/mol. The maximum atomic E-state index is 14.4. The van der Waals surface area contributed by atoms with Gasteiger partial charge in [-0.15, -0.1) is 17.9 Å². The molecule has 4 N–H and O–H groups in total. The minimum atomic E-state index is -3.91. The fraction of sp³-hybridized carbons (Fsp3) is 0.559. The zero-order chi connectivity index (χ0) is 36.2. The molecule has 0 radical (unpaired) electrons. The summed E-state index contributed by atoms with van der Waals surface area (Å²) in [6.07, 6.45) is 3.11. The number of nitrogens with zero attached hydrogens (tertiary/aromatic N) is 2. The maximum Gasteiger partial charge on any atom is 0.408 e. The first-order valence-corrected chi connectivity index (χ1v) is 18.7. The Bertz CT molecular complexity index is 1730. The second-order valence-electron chi connectivity index (χ2n) is 15.3. The summed E-state index contributed by atoms with van der Waals surface area (Å²) in [5, 5.41) is 19.5. The summed E-state index contributed by atoms with van der Waals surface area (Å²) in [4.78, 5) is 60.5. The third kappa shape index (κ3) is 7.83. The van der Waals surface area contributed by atoms with Crippen molar-refractivity contribution in [3.8, 4) is 10.6 Å². The monoisotopic (exact) mass is 715 g/mol. The molecular weight excluding hydrogens is 671 g/mol. The summed E-state index contributed by atoms with van der Waals surface area (Å²) < 4.78 is 32.8. The van der Waals surface area contributed by atoms with Gasteiger partial charge in [0.15, 0.2) is 0 Å². The number of aromatic nitrogens is 1. The zero-order valence-electron chi connectivity index (χ0n) is 28.6. The molecule has 3 fully saturated rings. The Labute approximate surface area is 290 Å². The molecule has 1 aliphatic heterocycles. The van der Waals surface area contributed by atoms with Gasteiger partial charge < -0.3 is 25.4 Å². The predicted octanol–water partition coefficient (Wildman–Crippen LogP) is 3.21. The maximum absolute atomic E-state index is 14.4. The molecule has 15 heteroatoms. The molecule has 2 aromatic rings. The fourth-order valence-electron chi connectivity index (χ4n) is 6.11. The number of aliphatic hydroxyl groups is 1. The molecule has 0 spiro atoms. The van der Waals surface area contributed by atoms with Gasteiger partial charge in [0.25, 0.3) is 5.91 Å². The van der Waals surface area contributed by atoms with E-state index in [4.69, 9.17) is 4.74 Å². The summed E-state index contributed by atoms with van der Waals surface area (Å²) in [5.41, 5.74) is -3.70. The Morgan fingerprint density at radius 1 is 1.10 bits per heavy atom. The number of carbonyl (C=O) groups excluding carboxylic acids is 4. The van der Waals surface area contributed by atoms with Crippen LogP contribution in [0.15, 0.2) is 48.5 Å². The van der Waals surface area contributed by atoms with Gasteiger partial charge in [0.2, 0.25) is 21.8 Å². The molecule has 266 valence electrons. The zero-order valence-corrected chi connectivity index (χ0v) is 30.2. The number of likely N-dealkylation sites (tertiary alicyclic amines) is 1. The third-order valence-electron chi connectivity index (χ3n) is 9.05. The molecule has 5 rings (SSSR count). The molecule has 1 saturated heterocycles. The summed E-state index contributed by atoms with van der Waals surface area (Å²) in [6, 6.07) is 4.56. The third-order valence-corrected chi connectivity index (χ3v) is 11.7. The molecule has 5 atom stereocenters. The van der Waals surface area contributed by atoms with Crippen molar-refractivity contribution in [2.45, 2.75) is 101 Å². The Hall–Kier alpha value is -3.82. The van der Waals surface area contributed by atoms with E-state index in [9.17, 15) is 32.7 Å². The van der Waals surface area contributed by atoms with Crippen LogP contribution >= 0.6 is 11.3 Å². The average Bonchev–Trinajstić information content (AvgIpc) is 3.88. The molecule has 1 aromatic carbocycles. The molecule has 13 nitrogen and oxygen atoms in total. The van der Waals surface area contributed by atoms with E-state index in [1.807, 2.05) is 5.38 Å². The van der Waals surface area contributed by atoms with Crippen molar-refractivity contribution in [1.82, 2.24) is 25.2 Å². The first-order valence-electron chi connectivity index (χ1n) is 16.2. The number of carbonyl (C=O) groups is 4. The van der Waals surface area contributed by atoms with Crippen molar-refractivity contribution < 1.29 is 37.4 Å². The highest BCUT2D eigenvalue weighted by atomic mass is 32.2. The van der Waals surface area contributed by atoms with Crippen molar-refractivity contribution in [2.75, 3.05) is 6.54 Å². The van der Waals surface area contributed by atoms with Gasteiger partial charge in [-0.3, -0.25) is 19.1 Å². The minimum Gasteiger partial charge on any atom is -0.444 e. The van der Waals surface area contributed by atoms with Crippen molar-refractivity contribution in [2.24, 2.45) is 11.3 Å². The SMILES string of the molecule is C=C[C@@H]1C[C@]1(NC(=O)[C@@H]1C[C@@](O)(c2ccc(-c3nccs3)cc2)CN1C(=O)[C@@H](NC(=O)OC(C)(C)C)C(C)(C)C)C(=O)NS(=O)(=O)C1CC1. The Kier molecular flexibility index (Phi) is 9.53. The number of amides is 4. The van der Waals surface area contributed by atoms with Crippen LogP contribution in [0.25, 0.3) is 10.6 Å². The number of sulfonamides is 1. The van der Waals surface area contributed by atoms with Crippen LogP contribution in [-0.4, -0.2) is 82.2 Å². The summed E-state index contributed by atoms with van der Waals surface area (Å²) in [5.74, 6) is -2.82. The van der Waals surface area contributed by atoms with E-state index in [1.165, 1.54) is 22.3 Å². The number of thiazole rings is 1. The Morgan fingerprint density at radius 2 is 1.76 bits per heavy atom. The van der Waals surface area contributed by atoms with Crippen LogP contribution in [-0.2, 0) is 34.7 Å². The van der Waals surface area contributed by atoms with E-state index in [2.05, 4.69) is 26.9 Å². The Balaban J connectivity index is 1.46. The van der Waals surface area contributed by atoms with Gasteiger partial charge in [0, 0.05) is 29.5 Å². The molecule has 2 saturated carbocycles. The summed E-state index contributed by atoms with van der Waals surface area (Å²) >= 11 is 1.46. The molecule has 3 aliphatic rings. The van der Waals surface area contributed by atoms with E-state index in [0.717, 1.165) is 10.6 Å². The largest absolute Gasteiger partial charge is 0.444 e. The lowest BCUT2D eigenvalue weighted by atomic mass is 9.85. The van der Waals surface area contributed by atoms with Crippen LogP contribution in [0.2, 0.25) is 0 Å². The van der Waals surface area contributed by atoms with Gasteiger partial charge in [0.1, 0.15) is 33.8 Å². The second kappa shape index (κ2) is 12.8. The summed E-state index contributed by atoms with van der Waals surface area (Å²) in [6.45, 7) is 13.8. The molecule has 0 unspecified atom stereocenters. The van der Waals surface area contributed by atoms with Gasteiger partial charge in [-0.25, -0.2) is 18.2 Å². The van der Waals surface area contributed by atoms with Crippen LogP contribution < -0.4 is 15.4 Å². The van der Waals surface area contributed by atoms with Gasteiger partial charge in [0.05, 0.1) is 11.8 Å². The van der Waals surface area contributed by atoms with E-state index in [0.29, 0.717) is 18.4 Å². The van der Waals surface area contributed by atoms with Crippen molar-refractivity contribution in [1.29, 1.82) is 0 Å². The predicted molar refractivity (Wildman–Crippen MR) is 183 cm³/mol. The van der Waals surface area contributed by atoms with Crippen LogP contribution in [0.5, 0.6) is 0 Å². The molecule has 4 amide bonds. The molecule has 0 bridgehead atoms. The molecule has 1 aromatic heterocycles. The van der Waals surface area contributed by atoms with Gasteiger partial charge in [-0.05, 0) is 51.0 Å². The number of hydrogen-bond donors (Lipinski definition) is 4. The number of hydrogen-bond acceptors (Lipinski definition) is 10. The quantitative estimate of drug-likeness (QED) is 0.268. The first kappa shape index (κ1) is 36.5. The van der Waals surface area contributed by atoms with E-state index >= 15 is 0 Å². The molecule has 2 heterocycles. The number of nitrogens with one attached hydrogen (secondary N) is 3. The number of ether oxygens (including phenoxy) is 1. The second-order valence-corrected chi connectivity index (χ2v) is 18.1. The first-order chi connectivity index (χ1) is 22.7. The summed E-state index contributed by atoms with van der Waals surface area (Å²) in [7, 11) is -3.91. The van der Waals surface area contributed by atoms with Crippen LogP contribution in [0.4, 0.5) is 4.79 Å². The van der Waals surface area contributed by atoms with E-state index in [1.54, 1.807) is 72.0 Å². The van der Waals surface area contributed by atoms with E-state index < -0.39 is 79.2 Å². The lowest BCUT2D eigenvalue weighted by Crippen LogP contribution is -2.60. The number of β-amino-alcohol motifs (C(OH)–C–C–N with tert-alkyl or cyclic N) is 1. The van der Waals surface area contributed by atoms with Crippen LogP contribution in [0.1, 0.15) is 72.8 Å².